The zero-order valence-electron chi connectivity index (χ0n) is 14.6. The molecule has 0 atom stereocenters. The zero-order chi connectivity index (χ0) is 18.7. The third kappa shape index (κ3) is 5.77. The number of nitrogens with zero attached hydrogens (tertiary/aromatic N) is 1. The maximum absolute atomic E-state index is 13.1. The molecule has 2 nitrogen and oxygen atoms in total. The molecule has 3 rings (SSSR count). The summed E-state index contributed by atoms with van der Waals surface area (Å²) in [5.41, 5.74) is 2.47. The van der Waals surface area contributed by atoms with Crippen LogP contribution in [-0.2, 0) is 17.4 Å². The first-order chi connectivity index (χ1) is 12.4. The quantitative estimate of drug-likeness (QED) is 0.321. The van der Waals surface area contributed by atoms with Crippen molar-refractivity contribution in [3.8, 4) is 0 Å². The minimum atomic E-state index is -0.340. The first-order valence-electron chi connectivity index (χ1n) is 7.85. The van der Waals surface area contributed by atoms with Crippen LogP contribution >= 0.6 is 12.2 Å². The topological polar surface area (TPSA) is 20.3 Å². The van der Waals surface area contributed by atoms with Crippen molar-refractivity contribution in [3.63, 3.8) is 0 Å². The van der Waals surface area contributed by atoms with Gasteiger partial charge in [-0.15, -0.1) is 0 Å². The van der Waals surface area contributed by atoms with Crippen LogP contribution in [0.2, 0.25) is 0 Å². The molecule has 0 unspecified atom stereocenters. The summed E-state index contributed by atoms with van der Waals surface area (Å²) in [4.78, 5) is 14.6. The van der Waals surface area contributed by atoms with Gasteiger partial charge in [-0.1, -0.05) is 28.6 Å². The van der Waals surface area contributed by atoms with E-state index in [1.165, 1.54) is 24.3 Å². The molecule has 1 heterocycles. The van der Waals surface area contributed by atoms with Crippen LogP contribution in [0.5, 0.6) is 0 Å². The Hall–Kier alpha value is -1.44. The zero-order valence-corrected chi connectivity index (χ0v) is 18.2. The molecule has 7 heteroatoms. The summed E-state index contributed by atoms with van der Waals surface area (Å²) < 4.78 is 26.4. The average Bonchev–Trinajstić information content (AvgIpc) is 2.62. The number of piperidine rings is 1. The van der Waals surface area contributed by atoms with Gasteiger partial charge < -0.3 is 29.7 Å². The predicted molar refractivity (Wildman–Crippen MR) is 105 cm³/mol. The fraction of sp³-hybridized carbons (Fsp3) is 0.100. The van der Waals surface area contributed by atoms with E-state index in [0.29, 0.717) is 35.4 Å². The van der Waals surface area contributed by atoms with E-state index in [0.717, 1.165) is 0 Å². The number of likely N-dealkylation sites (tertiary alicyclic amines) is 1. The van der Waals surface area contributed by atoms with Gasteiger partial charge in [0.1, 0.15) is 11.6 Å². The number of rotatable bonds is 2. The summed E-state index contributed by atoms with van der Waals surface area (Å²) >= 11 is 10.2. The maximum atomic E-state index is 13.1. The average molecular weight is 409 g/mol. The number of benzene rings is 2. The Balaban J connectivity index is 0.00000261. The largest absolute Gasteiger partial charge is 1.00 e. The third-order valence-corrected chi connectivity index (χ3v) is 4.50. The van der Waals surface area contributed by atoms with Crippen molar-refractivity contribution in [2.75, 3.05) is 13.1 Å². The molecular formula is C20H14F2NNaOS2. The molecule has 0 N–H and O–H groups in total. The molecule has 0 amide bonds. The third-order valence-electron chi connectivity index (χ3n) is 3.99. The molecule has 1 saturated heterocycles. The molecule has 2 aromatic rings. The molecule has 0 bridgehead atoms. The molecule has 1 aliphatic heterocycles. The van der Waals surface area contributed by atoms with Crippen LogP contribution in [0.4, 0.5) is 8.78 Å². The second-order valence-corrected chi connectivity index (χ2v) is 6.93. The molecule has 132 valence electrons. The normalized spacial score (nSPS) is 17.1. The number of carbonyl (C=O) groups is 1. The van der Waals surface area contributed by atoms with Crippen molar-refractivity contribution in [1.82, 2.24) is 4.90 Å². The Morgan fingerprint density at radius 2 is 1.26 bits per heavy atom. The van der Waals surface area contributed by atoms with E-state index in [1.807, 2.05) is 0 Å². The number of carbonyl (C=O) groups excluding carboxylic acids is 1. The van der Waals surface area contributed by atoms with E-state index < -0.39 is 0 Å². The van der Waals surface area contributed by atoms with Gasteiger partial charge in [0.15, 0.2) is 5.78 Å². The summed E-state index contributed by atoms with van der Waals surface area (Å²) in [7, 11) is 0. The second kappa shape index (κ2) is 9.66. The number of ketones is 1. The Morgan fingerprint density at radius 1 is 0.889 bits per heavy atom. The Kier molecular flexibility index (Phi) is 7.82. The first kappa shape index (κ1) is 21.9. The minimum absolute atomic E-state index is 0. The second-order valence-electron chi connectivity index (χ2n) is 5.89. The van der Waals surface area contributed by atoms with Gasteiger partial charge in [-0.3, -0.25) is 4.79 Å². The van der Waals surface area contributed by atoms with Gasteiger partial charge in [0.25, 0.3) is 0 Å². The molecule has 1 fully saturated rings. The van der Waals surface area contributed by atoms with Crippen molar-refractivity contribution in [3.05, 3.63) is 82.4 Å². The summed E-state index contributed by atoms with van der Waals surface area (Å²) in [5.74, 6) is -0.805. The van der Waals surface area contributed by atoms with Crippen molar-refractivity contribution in [1.29, 1.82) is 0 Å². The van der Waals surface area contributed by atoms with E-state index in [1.54, 1.807) is 41.3 Å². The summed E-state index contributed by atoms with van der Waals surface area (Å²) in [6.45, 7) is 0.610. The van der Waals surface area contributed by atoms with Gasteiger partial charge in [-0.05, 0) is 47.5 Å². The number of hydrogen-bond acceptors (Lipinski definition) is 3. The predicted octanol–water partition coefficient (Wildman–Crippen LogP) is 1.15. The number of hydrogen-bond donors (Lipinski definition) is 0. The molecule has 0 aromatic heterocycles. The van der Waals surface area contributed by atoms with E-state index in [-0.39, 0.29) is 51.3 Å². The van der Waals surface area contributed by atoms with Gasteiger partial charge in [-0.25, -0.2) is 8.78 Å². The van der Waals surface area contributed by atoms with E-state index in [2.05, 4.69) is 0 Å². The van der Waals surface area contributed by atoms with E-state index in [9.17, 15) is 13.6 Å². The van der Waals surface area contributed by atoms with Gasteiger partial charge in [0.2, 0.25) is 0 Å². The molecule has 0 radical (unpaired) electrons. The molecule has 0 saturated carbocycles. The summed E-state index contributed by atoms with van der Waals surface area (Å²) in [6.07, 6.45) is 3.42. The molecule has 1 aliphatic rings. The van der Waals surface area contributed by atoms with Gasteiger partial charge >= 0.3 is 29.6 Å². The van der Waals surface area contributed by atoms with Crippen LogP contribution < -0.4 is 29.6 Å². The van der Waals surface area contributed by atoms with Crippen LogP contribution in [0.15, 0.2) is 59.7 Å². The Bertz CT molecular complexity index is 841. The van der Waals surface area contributed by atoms with Crippen LogP contribution in [0.3, 0.4) is 0 Å². The SMILES string of the molecule is O=C1/C(=C/c2ccc(F)cc2)CN(C(=S)[S-])C/C1=C\c1ccc(F)cc1.[Na+]. The standard InChI is InChI=1S/C20H15F2NOS2.Na/c21-17-5-1-13(2-6-17)9-15-11-23(20(25)26)12-16(19(15)24)10-14-3-7-18(22)8-4-14;/h1-10H,11-12H2,(H,25,26);/q;+1/p-1/b15-9+,16-10+;. The van der Waals surface area contributed by atoms with Crippen LogP contribution in [-0.4, -0.2) is 28.1 Å². The summed E-state index contributed by atoms with van der Waals surface area (Å²) in [5, 5.41) is 0. The monoisotopic (exact) mass is 409 g/mol. The van der Waals surface area contributed by atoms with Gasteiger partial charge in [0.05, 0.1) is 0 Å². The number of thiocarbonyl (C=S) groups is 1. The van der Waals surface area contributed by atoms with Crippen LogP contribution in [0.25, 0.3) is 12.2 Å². The molecule has 0 aliphatic carbocycles. The maximum Gasteiger partial charge on any atom is 1.00 e. The van der Waals surface area contributed by atoms with Crippen molar-refractivity contribution in [2.45, 2.75) is 0 Å². The van der Waals surface area contributed by atoms with E-state index in [4.69, 9.17) is 24.8 Å². The van der Waals surface area contributed by atoms with Gasteiger partial charge in [-0.2, -0.15) is 0 Å². The number of halogens is 2. The van der Waals surface area contributed by atoms with Crippen LogP contribution in [0, 0.1) is 11.6 Å². The first-order valence-corrected chi connectivity index (χ1v) is 8.67. The van der Waals surface area contributed by atoms with Crippen LogP contribution in [0.1, 0.15) is 11.1 Å². The fourth-order valence-corrected chi connectivity index (χ4v) is 2.95. The smallest absolute Gasteiger partial charge is 0.411 e. The van der Waals surface area contributed by atoms with Crippen molar-refractivity contribution in [2.24, 2.45) is 0 Å². The van der Waals surface area contributed by atoms with E-state index >= 15 is 0 Å². The number of Topliss-reactive ketones (excluding diaryl/α,β-unsaturated/α-hetero) is 1. The minimum Gasteiger partial charge on any atom is -0.411 e. The molecule has 2 aromatic carbocycles. The fourth-order valence-electron chi connectivity index (χ4n) is 2.69. The van der Waals surface area contributed by atoms with Crippen molar-refractivity contribution >= 4 is 47.1 Å². The summed E-state index contributed by atoms with van der Waals surface area (Å²) in [6, 6.07) is 11.8. The Labute approximate surface area is 189 Å². The Morgan fingerprint density at radius 3 is 1.59 bits per heavy atom. The molecular weight excluding hydrogens is 395 g/mol. The van der Waals surface area contributed by atoms with Crippen molar-refractivity contribution < 1.29 is 43.1 Å². The molecule has 0 spiro atoms. The van der Waals surface area contributed by atoms with Gasteiger partial charge in [0, 0.05) is 24.2 Å². The molecule has 27 heavy (non-hydrogen) atoms.